The monoisotopic (exact) mass is 303 g/mol. The molecule has 0 aliphatic heterocycles. The van der Waals surface area contributed by atoms with E-state index < -0.39 is 11.9 Å². The molecule has 0 spiro atoms. The Morgan fingerprint density at radius 2 is 2.05 bits per heavy atom. The van der Waals surface area contributed by atoms with Crippen molar-refractivity contribution in [1.82, 2.24) is 4.98 Å². The van der Waals surface area contributed by atoms with Gasteiger partial charge in [-0.3, -0.25) is 0 Å². The number of aliphatic hydroxyl groups excluding tert-OH is 1. The predicted octanol–water partition coefficient (Wildman–Crippen LogP) is 2.30. The molecule has 1 aromatic rings. The molecule has 7 heteroatoms. The fraction of sp³-hybridized carbons (Fsp3) is 0.643. The highest BCUT2D eigenvalue weighted by atomic mass is 19.4. The zero-order chi connectivity index (χ0) is 15.5. The van der Waals surface area contributed by atoms with Gasteiger partial charge in [-0.2, -0.15) is 13.2 Å². The van der Waals surface area contributed by atoms with Crippen LogP contribution in [0.15, 0.2) is 12.1 Å². The highest BCUT2D eigenvalue weighted by Crippen LogP contribution is 2.34. The number of nitrogens with zero attached hydrogens (tertiary/aromatic N) is 2. The fourth-order valence-corrected chi connectivity index (χ4v) is 2.44. The lowest BCUT2D eigenvalue weighted by Gasteiger charge is -2.39. The molecule has 118 valence electrons. The lowest BCUT2D eigenvalue weighted by atomic mass is 9.91. The van der Waals surface area contributed by atoms with Crippen LogP contribution in [0.4, 0.5) is 19.0 Å². The summed E-state index contributed by atoms with van der Waals surface area (Å²) in [7, 11) is 0. The standard InChI is InChI=1S/C14H20F3N3O/c15-14(16,17)12-6-5-10(9-18)13(19-12)20(7-2-8-21)11-3-1-4-11/h5-6,11,21H,1-4,7-9,18H2. The topological polar surface area (TPSA) is 62.4 Å². The van der Waals surface area contributed by atoms with E-state index in [9.17, 15) is 13.2 Å². The van der Waals surface area contributed by atoms with E-state index in [1.165, 1.54) is 6.07 Å². The average molecular weight is 303 g/mol. The number of alkyl halides is 3. The second-order valence-corrected chi connectivity index (χ2v) is 5.24. The molecule has 0 saturated heterocycles. The molecular weight excluding hydrogens is 283 g/mol. The van der Waals surface area contributed by atoms with Crippen molar-refractivity contribution in [1.29, 1.82) is 0 Å². The molecule has 0 atom stereocenters. The van der Waals surface area contributed by atoms with Gasteiger partial charge in [-0.1, -0.05) is 6.07 Å². The molecule has 0 amide bonds. The maximum absolute atomic E-state index is 12.9. The molecule has 0 aromatic carbocycles. The lowest BCUT2D eigenvalue weighted by molar-refractivity contribution is -0.141. The first-order chi connectivity index (χ1) is 9.97. The van der Waals surface area contributed by atoms with Gasteiger partial charge in [0.15, 0.2) is 0 Å². The van der Waals surface area contributed by atoms with Gasteiger partial charge in [0.05, 0.1) is 0 Å². The Labute approximate surface area is 121 Å². The van der Waals surface area contributed by atoms with Crippen molar-refractivity contribution in [2.24, 2.45) is 5.73 Å². The van der Waals surface area contributed by atoms with Crippen molar-refractivity contribution in [3.63, 3.8) is 0 Å². The van der Waals surface area contributed by atoms with Gasteiger partial charge in [-0.15, -0.1) is 0 Å². The van der Waals surface area contributed by atoms with Gasteiger partial charge in [-0.05, 0) is 31.7 Å². The molecule has 3 N–H and O–H groups in total. The molecule has 1 saturated carbocycles. The van der Waals surface area contributed by atoms with Crippen LogP contribution in [0.2, 0.25) is 0 Å². The molecule has 1 aromatic heterocycles. The van der Waals surface area contributed by atoms with Crippen LogP contribution >= 0.6 is 0 Å². The first kappa shape index (κ1) is 16.0. The quantitative estimate of drug-likeness (QED) is 0.846. The number of hydrogen-bond donors (Lipinski definition) is 2. The summed E-state index contributed by atoms with van der Waals surface area (Å²) in [6.07, 6.45) is -1.03. The van der Waals surface area contributed by atoms with Gasteiger partial charge in [0.1, 0.15) is 11.5 Å². The van der Waals surface area contributed by atoms with Gasteiger partial charge < -0.3 is 15.7 Å². The second-order valence-electron chi connectivity index (χ2n) is 5.24. The molecule has 1 heterocycles. The van der Waals surface area contributed by atoms with E-state index >= 15 is 0 Å². The summed E-state index contributed by atoms with van der Waals surface area (Å²) in [6.45, 7) is 0.630. The summed E-state index contributed by atoms with van der Waals surface area (Å²) in [5.41, 5.74) is 5.34. The van der Waals surface area contributed by atoms with Crippen molar-refractivity contribution in [2.75, 3.05) is 18.1 Å². The third-order valence-corrected chi connectivity index (χ3v) is 3.81. The molecule has 2 rings (SSSR count). The van der Waals surface area contributed by atoms with Gasteiger partial charge >= 0.3 is 6.18 Å². The Bertz CT molecular complexity index is 475. The summed E-state index contributed by atoms with van der Waals surface area (Å²) in [5.74, 6) is 0.311. The summed E-state index contributed by atoms with van der Waals surface area (Å²) in [5, 5.41) is 8.99. The molecule has 1 aliphatic carbocycles. The maximum Gasteiger partial charge on any atom is 0.433 e. The highest BCUT2D eigenvalue weighted by Gasteiger charge is 2.34. The molecule has 1 aliphatic rings. The zero-order valence-electron chi connectivity index (χ0n) is 11.7. The van der Waals surface area contributed by atoms with Gasteiger partial charge in [0.25, 0.3) is 0 Å². The van der Waals surface area contributed by atoms with Crippen LogP contribution in [-0.2, 0) is 12.7 Å². The number of anilines is 1. The van der Waals surface area contributed by atoms with Gasteiger partial charge in [0.2, 0.25) is 0 Å². The van der Waals surface area contributed by atoms with Crippen molar-refractivity contribution >= 4 is 5.82 Å². The van der Waals surface area contributed by atoms with Crippen LogP contribution in [0, 0.1) is 0 Å². The van der Waals surface area contributed by atoms with Crippen molar-refractivity contribution in [3.05, 3.63) is 23.4 Å². The number of aromatic nitrogens is 1. The van der Waals surface area contributed by atoms with Crippen LogP contribution < -0.4 is 10.6 Å². The summed E-state index contributed by atoms with van der Waals surface area (Å²) < 4.78 is 38.6. The number of nitrogens with two attached hydrogens (primary N) is 1. The average Bonchev–Trinajstić information content (AvgIpc) is 2.39. The highest BCUT2D eigenvalue weighted by molar-refractivity contribution is 5.49. The van der Waals surface area contributed by atoms with Crippen LogP contribution in [0.1, 0.15) is 36.9 Å². The van der Waals surface area contributed by atoms with E-state index in [1.807, 2.05) is 4.90 Å². The fourth-order valence-electron chi connectivity index (χ4n) is 2.44. The minimum Gasteiger partial charge on any atom is -0.396 e. The van der Waals surface area contributed by atoms with Crippen molar-refractivity contribution in [3.8, 4) is 0 Å². The number of hydrogen-bond acceptors (Lipinski definition) is 4. The largest absolute Gasteiger partial charge is 0.433 e. The number of rotatable bonds is 6. The van der Waals surface area contributed by atoms with Crippen LogP contribution in [0.3, 0.4) is 0 Å². The predicted molar refractivity (Wildman–Crippen MR) is 73.8 cm³/mol. The Balaban J connectivity index is 2.36. The van der Waals surface area contributed by atoms with Crippen LogP contribution in [-0.4, -0.2) is 29.3 Å². The summed E-state index contributed by atoms with van der Waals surface area (Å²) >= 11 is 0. The molecular formula is C14H20F3N3O. The van der Waals surface area contributed by atoms with Gasteiger partial charge in [0, 0.05) is 31.3 Å². The van der Waals surface area contributed by atoms with E-state index in [-0.39, 0.29) is 19.2 Å². The molecule has 0 bridgehead atoms. The Morgan fingerprint density at radius 1 is 1.33 bits per heavy atom. The molecule has 21 heavy (non-hydrogen) atoms. The zero-order valence-corrected chi connectivity index (χ0v) is 11.7. The second kappa shape index (κ2) is 6.62. The van der Waals surface area contributed by atoms with E-state index in [0.717, 1.165) is 25.3 Å². The van der Waals surface area contributed by atoms with E-state index in [2.05, 4.69) is 4.98 Å². The van der Waals surface area contributed by atoms with E-state index in [0.29, 0.717) is 24.3 Å². The van der Waals surface area contributed by atoms with Crippen molar-refractivity contribution in [2.45, 2.75) is 44.4 Å². The Hall–Kier alpha value is -1.34. The summed E-state index contributed by atoms with van der Waals surface area (Å²) in [6, 6.07) is 2.56. The Kier molecular flexibility index (Phi) is 5.05. The Morgan fingerprint density at radius 3 is 2.52 bits per heavy atom. The van der Waals surface area contributed by atoms with Crippen molar-refractivity contribution < 1.29 is 18.3 Å². The number of aliphatic hydroxyl groups is 1. The van der Waals surface area contributed by atoms with Crippen LogP contribution in [0.25, 0.3) is 0 Å². The molecule has 0 radical (unpaired) electrons. The van der Waals surface area contributed by atoms with Crippen LogP contribution in [0.5, 0.6) is 0 Å². The van der Waals surface area contributed by atoms with E-state index in [4.69, 9.17) is 10.8 Å². The van der Waals surface area contributed by atoms with Gasteiger partial charge in [-0.25, -0.2) is 4.98 Å². The molecule has 4 nitrogen and oxygen atoms in total. The number of halogens is 3. The SMILES string of the molecule is NCc1ccc(C(F)(F)F)nc1N(CCCO)C1CCC1. The molecule has 1 fully saturated rings. The smallest absolute Gasteiger partial charge is 0.396 e. The van der Waals surface area contributed by atoms with E-state index in [1.54, 1.807) is 0 Å². The normalized spacial score (nSPS) is 15.9. The third kappa shape index (κ3) is 3.65. The third-order valence-electron chi connectivity index (χ3n) is 3.81. The maximum atomic E-state index is 12.9. The minimum atomic E-state index is -4.47. The first-order valence-corrected chi connectivity index (χ1v) is 7.12. The molecule has 0 unspecified atom stereocenters. The lowest BCUT2D eigenvalue weighted by Crippen LogP contribution is -2.42. The minimum absolute atomic E-state index is 0.000139. The summed E-state index contributed by atoms with van der Waals surface area (Å²) in [4.78, 5) is 5.68. The number of pyridine rings is 1. The first-order valence-electron chi connectivity index (χ1n) is 7.12.